The van der Waals surface area contributed by atoms with E-state index in [2.05, 4.69) is 15.6 Å². The molecular formula is C23H25N5O5S. The highest BCUT2D eigenvalue weighted by Crippen LogP contribution is 2.30. The fourth-order valence-corrected chi connectivity index (χ4v) is 4.24. The van der Waals surface area contributed by atoms with E-state index < -0.39 is 21.0 Å². The highest BCUT2D eigenvalue weighted by atomic mass is 32.2. The van der Waals surface area contributed by atoms with E-state index in [0.717, 1.165) is 11.1 Å². The lowest BCUT2D eigenvalue weighted by atomic mass is 10.1. The summed E-state index contributed by atoms with van der Waals surface area (Å²) < 4.78 is 26.5. The van der Waals surface area contributed by atoms with Crippen molar-refractivity contribution in [1.82, 2.24) is 15.0 Å². The number of aryl methyl sites for hydroxylation is 3. The lowest BCUT2D eigenvalue weighted by Crippen LogP contribution is -2.40. The monoisotopic (exact) mass is 483 g/mol. The van der Waals surface area contributed by atoms with Crippen LogP contribution in [0, 0.1) is 30.9 Å². The number of anilines is 2. The minimum absolute atomic E-state index is 0.0103. The van der Waals surface area contributed by atoms with Crippen LogP contribution in [0.3, 0.4) is 0 Å². The van der Waals surface area contributed by atoms with Crippen molar-refractivity contribution in [3.05, 3.63) is 87.2 Å². The number of pyridine rings is 1. The fourth-order valence-electron chi connectivity index (χ4n) is 3.31. The maximum absolute atomic E-state index is 12.3. The second kappa shape index (κ2) is 10.3. The van der Waals surface area contributed by atoms with Crippen LogP contribution in [-0.2, 0) is 16.4 Å². The van der Waals surface area contributed by atoms with Crippen LogP contribution >= 0.6 is 0 Å². The van der Waals surface area contributed by atoms with Gasteiger partial charge in [0.15, 0.2) is 0 Å². The molecule has 34 heavy (non-hydrogen) atoms. The van der Waals surface area contributed by atoms with E-state index in [4.69, 9.17) is 0 Å². The first kappa shape index (κ1) is 24.6. The standard InChI is InChI=1S/C23H25N5O5S/c1-15-4-10-20(11-5-15)34(32,33)27-23(29)24-13-12-18-6-8-19(9-7-18)26-21-14-16(2)25-17(3)22(21)28(30)31/h4-11,14H,12-13H2,1-3H3,(H,25,26)(H2,24,27,29). The summed E-state index contributed by atoms with van der Waals surface area (Å²) in [6.45, 7) is 5.41. The second-order valence-corrected chi connectivity index (χ2v) is 9.43. The van der Waals surface area contributed by atoms with Gasteiger partial charge in [0.25, 0.3) is 10.0 Å². The molecule has 3 aromatic rings. The van der Waals surface area contributed by atoms with Crippen LogP contribution in [0.25, 0.3) is 0 Å². The first-order chi connectivity index (χ1) is 16.0. The van der Waals surface area contributed by atoms with Crippen molar-refractivity contribution >= 4 is 33.1 Å². The molecule has 0 unspecified atom stereocenters. The molecule has 0 bridgehead atoms. The molecule has 0 atom stereocenters. The van der Waals surface area contributed by atoms with Gasteiger partial charge in [-0.25, -0.2) is 17.9 Å². The van der Waals surface area contributed by atoms with Gasteiger partial charge in [-0.2, -0.15) is 0 Å². The second-order valence-electron chi connectivity index (χ2n) is 7.75. The number of rotatable bonds is 8. The first-order valence-electron chi connectivity index (χ1n) is 10.4. The first-order valence-corrected chi connectivity index (χ1v) is 11.9. The summed E-state index contributed by atoms with van der Waals surface area (Å²) in [5, 5.41) is 17.0. The average molecular weight is 484 g/mol. The number of sulfonamides is 1. The highest BCUT2D eigenvalue weighted by molar-refractivity contribution is 7.90. The maximum Gasteiger partial charge on any atom is 0.328 e. The third-order valence-electron chi connectivity index (χ3n) is 4.97. The number of hydrogen-bond donors (Lipinski definition) is 3. The smallest absolute Gasteiger partial charge is 0.328 e. The topological polar surface area (TPSA) is 143 Å². The predicted octanol–water partition coefficient (Wildman–Crippen LogP) is 3.89. The van der Waals surface area contributed by atoms with Gasteiger partial charge in [0.2, 0.25) is 0 Å². The Labute approximate surface area is 197 Å². The summed E-state index contributed by atoms with van der Waals surface area (Å²) in [4.78, 5) is 27.1. The van der Waals surface area contributed by atoms with Gasteiger partial charge in [0.05, 0.1) is 9.82 Å². The third-order valence-corrected chi connectivity index (χ3v) is 6.32. The van der Waals surface area contributed by atoms with Crippen LogP contribution in [0.2, 0.25) is 0 Å². The Bertz CT molecular complexity index is 1310. The molecule has 178 valence electrons. The van der Waals surface area contributed by atoms with Crippen LogP contribution in [0.4, 0.5) is 21.9 Å². The molecule has 2 aromatic carbocycles. The summed E-state index contributed by atoms with van der Waals surface area (Å²) in [6, 6.07) is 14.2. The molecule has 1 aromatic heterocycles. The largest absolute Gasteiger partial charge is 0.350 e. The van der Waals surface area contributed by atoms with Gasteiger partial charge in [0, 0.05) is 17.9 Å². The quantitative estimate of drug-likeness (QED) is 0.326. The van der Waals surface area contributed by atoms with E-state index in [0.29, 0.717) is 29.2 Å². The number of nitrogens with one attached hydrogen (secondary N) is 3. The normalized spacial score (nSPS) is 11.0. The van der Waals surface area contributed by atoms with Crippen LogP contribution in [0.1, 0.15) is 22.5 Å². The summed E-state index contributed by atoms with van der Waals surface area (Å²) in [6.07, 6.45) is 0.464. The number of benzene rings is 2. The number of nitrogens with zero attached hydrogens (tertiary/aromatic N) is 2. The molecule has 0 spiro atoms. The van der Waals surface area contributed by atoms with E-state index >= 15 is 0 Å². The van der Waals surface area contributed by atoms with Crippen molar-refractivity contribution in [2.75, 3.05) is 11.9 Å². The molecule has 10 nitrogen and oxygen atoms in total. The Morgan fingerprint density at radius 1 is 1.03 bits per heavy atom. The van der Waals surface area contributed by atoms with Crippen molar-refractivity contribution < 1.29 is 18.1 Å². The Morgan fingerprint density at radius 2 is 1.68 bits per heavy atom. The molecule has 2 amide bonds. The minimum atomic E-state index is -3.95. The van der Waals surface area contributed by atoms with E-state index in [-0.39, 0.29) is 17.1 Å². The Kier molecular flexibility index (Phi) is 7.47. The number of nitro groups is 1. The average Bonchev–Trinajstić information content (AvgIpc) is 2.74. The lowest BCUT2D eigenvalue weighted by molar-refractivity contribution is -0.384. The molecule has 0 fully saturated rings. The van der Waals surface area contributed by atoms with Gasteiger partial charge < -0.3 is 10.6 Å². The minimum Gasteiger partial charge on any atom is -0.350 e. The molecule has 0 radical (unpaired) electrons. The van der Waals surface area contributed by atoms with Crippen molar-refractivity contribution in [2.45, 2.75) is 32.1 Å². The zero-order valence-electron chi connectivity index (χ0n) is 19.0. The number of hydrogen-bond acceptors (Lipinski definition) is 7. The molecule has 11 heteroatoms. The number of aromatic nitrogens is 1. The molecule has 0 aliphatic carbocycles. The summed E-state index contributed by atoms with van der Waals surface area (Å²) in [5.41, 5.74) is 3.74. The van der Waals surface area contributed by atoms with Crippen LogP contribution < -0.4 is 15.4 Å². The number of amides is 2. The Morgan fingerprint density at radius 3 is 2.29 bits per heavy atom. The number of urea groups is 1. The molecule has 1 heterocycles. The number of carbonyl (C=O) groups excluding carboxylic acids is 1. The molecule has 3 rings (SSSR count). The molecule has 0 saturated carbocycles. The molecule has 0 aliphatic rings. The van der Waals surface area contributed by atoms with Crippen molar-refractivity contribution in [2.24, 2.45) is 0 Å². The predicted molar refractivity (Wildman–Crippen MR) is 129 cm³/mol. The maximum atomic E-state index is 12.3. The fraction of sp³-hybridized carbons (Fsp3) is 0.217. The highest BCUT2D eigenvalue weighted by Gasteiger charge is 2.20. The van der Waals surface area contributed by atoms with E-state index in [1.54, 1.807) is 44.2 Å². The van der Waals surface area contributed by atoms with Gasteiger partial charge in [-0.05, 0) is 63.1 Å². The van der Waals surface area contributed by atoms with Crippen LogP contribution in [0.15, 0.2) is 59.5 Å². The van der Waals surface area contributed by atoms with E-state index in [1.165, 1.54) is 12.1 Å². The van der Waals surface area contributed by atoms with Gasteiger partial charge in [-0.3, -0.25) is 15.1 Å². The SMILES string of the molecule is Cc1ccc(S(=O)(=O)NC(=O)NCCc2ccc(Nc3cc(C)nc(C)c3[N+](=O)[O-])cc2)cc1. The van der Waals surface area contributed by atoms with Crippen LogP contribution in [0.5, 0.6) is 0 Å². The molecular weight excluding hydrogens is 458 g/mol. The summed E-state index contributed by atoms with van der Waals surface area (Å²) >= 11 is 0. The van der Waals surface area contributed by atoms with Crippen molar-refractivity contribution in [1.29, 1.82) is 0 Å². The van der Waals surface area contributed by atoms with Crippen molar-refractivity contribution in [3.63, 3.8) is 0 Å². The van der Waals surface area contributed by atoms with Gasteiger partial charge in [-0.1, -0.05) is 29.8 Å². The molecule has 0 aliphatic heterocycles. The summed E-state index contributed by atoms with van der Waals surface area (Å²) in [5.74, 6) is 0. The zero-order valence-corrected chi connectivity index (χ0v) is 19.8. The zero-order chi connectivity index (χ0) is 24.9. The molecule has 0 saturated heterocycles. The lowest BCUT2D eigenvalue weighted by Gasteiger charge is -2.11. The molecule has 3 N–H and O–H groups in total. The van der Waals surface area contributed by atoms with E-state index in [9.17, 15) is 23.3 Å². The van der Waals surface area contributed by atoms with E-state index in [1.807, 2.05) is 23.8 Å². The van der Waals surface area contributed by atoms with Crippen LogP contribution in [-0.4, -0.2) is 30.9 Å². The Balaban J connectivity index is 1.55. The Hall–Kier alpha value is -3.99. The number of carbonyl (C=O) groups is 1. The van der Waals surface area contributed by atoms with Crippen molar-refractivity contribution in [3.8, 4) is 0 Å². The van der Waals surface area contributed by atoms with Gasteiger partial charge in [-0.15, -0.1) is 0 Å². The third kappa shape index (κ3) is 6.29. The van der Waals surface area contributed by atoms with Gasteiger partial charge >= 0.3 is 11.7 Å². The van der Waals surface area contributed by atoms with Gasteiger partial charge in [0.1, 0.15) is 11.4 Å². The summed E-state index contributed by atoms with van der Waals surface area (Å²) in [7, 11) is -3.95.